The molecule has 0 spiro atoms. The lowest BCUT2D eigenvalue weighted by Gasteiger charge is -2.20. The van der Waals surface area contributed by atoms with Crippen molar-refractivity contribution in [2.24, 2.45) is 38.9 Å². The first-order valence-corrected chi connectivity index (χ1v) is 21.0. The fraction of sp³-hybridized carbons (Fsp3) is 0.915. The van der Waals surface area contributed by atoms with Crippen LogP contribution in [-0.4, -0.2) is 61.6 Å². The summed E-state index contributed by atoms with van der Waals surface area (Å²) >= 11 is 0. The molecule has 0 unspecified atom stereocenters. The Balaban J connectivity index is -0.000000311. The molecule has 0 radical (unpaired) electrons. The van der Waals surface area contributed by atoms with Crippen LogP contribution in [0, 0.1) is 38.9 Å². The molecular weight excluding hydrogens is 675 g/mol. The van der Waals surface area contributed by atoms with Crippen molar-refractivity contribution in [3.8, 4) is 0 Å². The molecule has 0 aliphatic carbocycles. The lowest BCUT2D eigenvalue weighted by Crippen LogP contribution is -2.38. The zero-order valence-corrected chi connectivity index (χ0v) is 40.3. The van der Waals surface area contributed by atoms with Crippen molar-refractivity contribution in [3.63, 3.8) is 0 Å². The summed E-state index contributed by atoms with van der Waals surface area (Å²) in [5, 5.41) is 3.32. The number of ketones is 4. The number of carbonyl (C=O) groups is 4. The van der Waals surface area contributed by atoms with Crippen molar-refractivity contribution in [1.82, 2.24) is 5.32 Å². The summed E-state index contributed by atoms with van der Waals surface area (Å²) in [4.78, 5) is 45.7. The van der Waals surface area contributed by atoms with Crippen LogP contribution in [0.1, 0.15) is 204 Å². The third-order valence-electron chi connectivity index (χ3n) is 8.30. The Morgan fingerprint density at radius 1 is 0.481 bits per heavy atom. The van der Waals surface area contributed by atoms with Gasteiger partial charge in [0.05, 0.1) is 19.8 Å². The molecule has 7 nitrogen and oxygen atoms in total. The predicted molar refractivity (Wildman–Crippen MR) is 233 cm³/mol. The lowest BCUT2D eigenvalue weighted by molar-refractivity contribution is -0.127. The second-order valence-corrected chi connectivity index (χ2v) is 22.2. The summed E-state index contributed by atoms with van der Waals surface area (Å²) in [6.07, 6.45) is 6.77. The van der Waals surface area contributed by atoms with Crippen LogP contribution in [0.25, 0.3) is 0 Å². The molecule has 0 heterocycles. The standard InChI is InChI=1S/C13H26O2.C12H25NO2.C12H24O.C10H20O/c1-12(2,3)8-10-15-9-7-11(14)13(4,5)6;1-10(2)11(14)6-8-15-9-7-13-12(3,4)5;1-11(2,3)9-7-8-10(13)12(4,5)6;1-8(2)6-7-9(11)10(3,4)5/h7-10H2,1-6H3;10,13H,6-9H2,1-5H3;7-9H2,1-6H3;8H,6-7H2,1-5H3. The van der Waals surface area contributed by atoms with Gasteiger partial charge in [0.2, 0.25) is 0 Å². The quantitative estimate of drug-likeness (QED) is 0.139. The summed E-state index contributed by atoms with van der Waals surface area (Å²) in [7, 11) is 0. The number of nitrogens with one attached hydrogen (secondary N) is 1. The molecule has 1 N–H and O–H groups in total. The third-order valence-corrected chi connectivity index (χ3v) is 8.30. The first-order valence-electron chi connectivity index (χ1n) is 21.0. The minimum Gasteiger partial charge on any atom is -0.381 e. The summed E-state index contributed by atoms with van der Waals surface area (Å²) < 4.78 is 10.8. The zero-order valence-electron chi connectivity index (χ0n) is 40.3. The monoisotopic (exact) mass is 770 g/mol. The maximum absolute atomic E-state index is 11.6. The number of carbonyl (C=O) groups excluding carboxylic acids is 4. The third kappa shape index (κ3) is 46.7. The highest BCUT2D eigenvalue weighted by molar-refractivity contribution is 5.84. The summed E-state index contributed by atoms with van der Waals surface area (Å²) in [6, 6.07) is 0. The molecule has 0 aromatic heterocycles. The van der Waals surface area contributed by atoms with Gasteiger partial charge in [-0.3, -0.25) is 19.2 Å². The smallest absolute Gasteiger partial charge is 0.140 e. The van der Waals surface area contributed by atoms with Crippen molar-refractivity contribution in [2.45, 2.75) is 209 Å². The van der Waals surface area contributed by atoms with Crippen LogP contribution in [0.5, 0.6) is 0 Å². The van der Waals surface area contributed by atoms with Gasteiger partial charge in [-0.15, -0.1) is 0 Å². The van der Waals surface area contributed by atoms with E-state index in [1.165, 1.54) is 0 Å². The largest absolute Gasteiger partial charge is 0.381 e. The van der Waals surface area contributed by atoms with Gasteiger partial charge < -0.3 is 14.8 Å². The van der Waals surface area contributed by atoms with E-state index in [1.807, 2.05) is 76.2 Å². The van der Waals surface area contributed by atoms with Gasteiger partial charge >= 0.3 is 0 Å². The van der Waals surface area contributed by atoms with Gasteiger partial charge in [-0.1, -0.05) is 132 Å². The van der Waals surface area contributed by atoms with Gasteiger partial charge in [-0.25, -0.2) is 0 Å². The number of Topliss-reactive ketones (excluding diaryl/α,β-unsaturated/α-hetero) is 4. The average molecular weight is 770 g/mol. The fourth-order valence-electron chi connectivity index (χ4n) is 4.03. The Morgan fingerprint density at radius 2 is 0.870 bits per heavy atom. The predicted octanol–water partition coefficient (Wildman–Crippen LogP) is 12.3. The van der Waals surface area contributed by atoms with Crippen molar-refractivity contribution >= 4 is 23.1 Å². The molecule has 7 heteroatoms. The minimum absolute atomic E-state index is 0.126. The maximum atomic E-state index is 11.6. The fourth-order valence-corrected chi connectivity index (χ4v) is 4.03. The second-order valence-electron chi connectivity index (χ2n) is 22.2. The molecule has 0 rings (SSSR count). The second kappa shape index (κ2) is 28.0. The van der Waals surface area contributed by atoms with Gasteiger partial charge in [0.25, 0.3) is 0 Å². The lowest BCUT2D eigenvalue weighted by atomic mass is 9.84. The Hall–Kier alpha value is -1.44. The maximum Gasteiger partial charge on any atom is 0.140 e. The molecule has 0 fully saturated rings. The van der Waals surface area contributed by atoms with Crippen LogP contribution >= 0.6 is 0 Å². The van der Waals surface area contributed by atoms with Crippen molar-refractivity contribution in [3.05, 3.63) is 0 Å². The highest BCUT2D eigenvalue weighted by Gasteiger charge is 2.22. The SMILES string of the molecule is CC(C)(C)CCCC(=O)C(C)(C)C.CC(C)(C)CCOCCC(=O)C(C)(C)C.CC(C)C(=O)CCOCCNC(C)(C)C.CC(C)CCC(=O)C(C)(C)C. The van der Waals surface area contributed by atoms with Crippen LogP contribution in [0.2, 0.25) is 0 Å². The first kappa shape index (κ1) is 59.3. The highest BCUT2D eigenvalue weighted by Crippen LogP contribution is 2.25. The Labute approximate surface area is 337 Å². The average Bonchev–Trinajstić information content (AvgIpc) is 2.94. The van der Waals surface area contributed by atoms with E-state index in [9.17, 15) is 19.2 Å². The molecule has 0 aliphatic heterocycles. The molecule has 0 atom stereocenters. The van der Waals surface area contributed by atoms with E-state index in [2.05, 4.69) is 81.5 Å². The normalized spacial score (nSPS) is 12.6. The van der Waals surface area contributed by atoms with Gasteiger partial charge in [0.15, 0.2) is 0 Å². The Bertz CT molecular complexity index is 1000. The van der Waals surface area contributed by atoms with E-state index < -0.39 is 0 Å². The van der Waals surface area contributed by atoms with E-state index >= 15 is 0 Å². The molecule has 324 valence electrons. The molecule has 0 saturated heterocycles. The summed E-state index contributed by atoms with van der Waals surface area (Å²) in [5.74, 6) is 2.09. The number of ether oxygens (including phenoxy) is 2. The van der Waals surface area contributed by atoms with E-state index in [-0.39, 0.29) is 39.3 Å². The van der Waals surface area contributed by atoms with Gasteiger partial charge in [-0.05, 0) is 63.2 Å². The molecule has 54 heavy (non-hydrogen) atoms. The van der Waals surface area contributed by atoms with Crippen molar-refractivity contribution < 1.29 is 28.7 Å². The van der Waals surface area contributed by atoms with Gasteiger partial charge in [0, 0.05) is 66.5 Å². The van der Waals surface area contributed by atoms with Crippen LogP contribution in [0.4, 0.5) is 0 Å². The topological polar surface area (TPSA) is 98.8 Å². The van der Waals surface area contributed by atoms with E-state index in [0.717, 1.165) is 51.7 Å². The van der Waals surface area contributed by atoms with Gasteiger partial charge in [-0.2, -0.15) is 0 Å². The zero-order chi connectivity index (χ0) is 43.8. The highest BCUT2D eigenvalue weighted by atomic mass is 16.5. The van der Waals surface area contributed by atoms with Crippen LogP contribution < -0.4 is 5.32 Å². The van der Waals surface area contributed by atoms with Crippen molar-refractivity contribution in [2.75, 3.05) is 33.0 Å². The number of rotatable bonds is 18. The first-order chi connectivity index (χ1) is 23.9. The van der Waals surface area contributed by atoms with E-state index in [0.29, 0.717) is 61.0 Å². The summed E-state index contributed by atoms with van der Waals surface area (Å²) in [6.45, 7) is 48.9. The molecule has 0 amide bonds. The molecule has 0 bridgehead atoms. The molecule has 0 aromatic rings. The van der Waals surface area contributed by atoms with Crippen molar-refractivity contribution in [1.29, 1.82) is 0 Å². The van der Waals surface area contributed by atoms with E-state index in [1.54, 1.807) is 0 Å². The number of hydrogen-bond acceptors (Lipinski definition) is 7. The molecule has 0 aliphatic rings. The van der Waals surface area contributed by atoms with Crippen LogP contribution in [-0.2, 0) is 28.7 Å². The van der Waals surface area contributed by atoms with Gasteiger partial charge in [0.1, 0.15) is 23.1 Å². The Kier molecular flexibility index (Phi) is 30.8. The van der Waals surface area contributed by atoms with Crippen LogP contribution in [0.15, 0.2) is 0 Å². The molecule has 0 aromatic carbocycles. The number of hydrogen-bond donors (Lipinski definition) is 1. The summed E-state index contributed by atoms with van der Waals surface area (Å²) in [5.41, 5.74) is 0.281. The molecular formula is C47H95NO6. The van der Waals surface area contributed by atoms with Crippen LogP contribution in [0.3, 0.4) is 0 Å². The minimum atomic E-state index is -0.229. The Morgan fingerprint density at radius 3 is 1.24 bits per heavy atom. The van der Waals surface area contributed by atoms with E-state index in [4.69, 9.17) is 9.47 Å². The molecule has 0 saturated carbocycles.